The van der Waals surface area contributed by atoms with Crippen molar-refractivity contribution < 1.29 is 22.8 Å². The SMILES string of the molecule is Cc1[nH]nc2cc(Nc3cccc4c3C(=O)N(CC(=O)N(C)CC(F)(F)F)C4)ccc12. The number of H-pyrrole nitrogens is 1. The number of aromatic amines is 1. The number of alkyl halides is 3. The smallest absolute Gasteiger partial charge is 0.355 e. The van der Waals surface area contributed by atoms with Crippen LogP contribution in [0.5, 0.6) is 0 Å². The van der Waals surface area contributed by atoms with E-state index in [1.165, 1.54) is 4.90 Å². The molecule has 1 aromatic heterocycles. The van der Waals surface area contributed by atoms with E-state index < -0.39 is 31.1 Å². The standard InChI is InChI=1S/C21H20F3N5O2/c1-12-15-7-6-14(8-17(15)27-26-12)25-16-5-3-4-13-9-29(20(31)19(13)16)10-18(30)28(2)11-21(22,23)24/h3-8,25H,9-11H2,1-2H3,(H,26,27). The molecular weight excluding hydrogens is 411 g/mol. The summed E-state index contributed by atoms with van der Waals surface area (Å²) in [5.74, 6) is -1.17. The van der Waals surface area contributed by atoms with E-state index in [1.54, 1.807) is 18.2 Å². The number of rotatable bonds is 5. The molecule has 1 aliphatic heterocycles. The Morgan fingerprint density at radius 2 is 2.06 bits per heavy atom. The summed E-state index contributed by atoms with van der Waals surface area (Å²) in [6.45, 7) is 0.306. The van der Waals surface area contributed by atoms with Crippen LogP contribution in [-0.2, 0) is 11.3 Å². The van der Waals surface area contributed by atoms with Gasteiger partial charge in [0, 0.05) is 30.4 Å². The third kappa shape index (κ3) is 4.18. The molecule has 10 heteroatoms. The topological polar surface area (TPSA) is 81.3 Å². The van der Waals surface area contributed by atoms with Crippen molar-refractivity contribution in [2.45, 2.75) is 19.6 Å². The molecule has 162 valence electrons. The molecule has 2 amide bonds. The fraction of sp³-hybridized carbons (Fsp3) is 0.286. The largest absolute Gasteiger partial charge is 0.406 e. The minimum Gasteiger partial charge on any atom is -0.355 e. The maximum Gasteiger partial charge on any atom is 0.406 e. The first-order chi connectivity index (χ1) is 14.6. The maximum absolute atomic E-state index is 12.9. The normalized spacial score (nSPS) is 13.6. The van der Waals surface area contributed by atoms with Crippen LogP contribution in [0.15, 0.2) is 36.4 Å². The van der Waals surface area contributed by atoms with Gasteiger partial charge in [-0.05, 0) is 36.8 Å². The Morgan fingerprint density at radius 1 is 1.29 bits per heavy atom. The van der Waals surface area contributed by atoms with E-state index in [0.29, 0.717) is 21.7 Å². The minimum atomic E-state index is -4.49. The zero-order valence-corrected chi connectivity index (χ0v) is 16.9. The van der Waals surface area contributed by atoms with Gasteiger partial charge in [-0.1, -0.05) is 12.1 Å². The van der Waals surface area contributed by atoms with Crippen molar-refractivity contribution in [3.8, 4) is 0 Å². The first kappa shape index (κ1) is 20.7. The first-order valence-corrected chi connectivity index (χ1v) is 9.56. The van der Waals surface area contributed by atoms with E-state index in [-0.39, 0.29) is 6.54 Å². The van der Waals surface area contributed by atoms with E-state index in [2.05, 4.69) is 15.5 Å². The molecule has 31 heavy (non-hydrogen) atoms. The van der Waals surface area contributed by atoms with E-state index in [4.69, 9.17) is 0 Å². The second kappa shape index (κ2) is 7.60. The van der Waals surface area contributed by atoms with E-state index >= 15 is 0 Å². The zero-order chi connectivity index (χ0) is 22.3. The van der Waals surface area contributed by atoms with Crippen molar-refractivity contribution in [1.29, 1.82) is 0 Å². The highest BCUT2D eigenvalue weighted by molar-refractivity contribution is 6.05. The monoisotopic (exact) mass is 431 g/mol. The van der Waals surface area contributed by atoms with Gasteiger partial charge < -0.3 is 15.1 Å². The van der Waals surface area contributed by atoms with Gasteiger partial charge in [-0.15, -0.1) is 0 Å². The Kier molecular flexibility index (Phi) is 5.08. The Labute approximate surface area is 175 Å². The van der Waals surface area contributed by atoms with Gasteiger partial charge >= 0.3 is 6.18 Å². The Balaban J connectivity index is 1.52. The lowest BCUT2D eigenvalue weighted by atomic mass is 10.1. The lowest BCUT2D eigenvalue weighted by Crippen LogP contribution is -2.42. The number of amides is 2. The highest BCUT2D eigenvalue weighted by Crippen LogP contribution is 2.32. The average molecular weight is 431 g/mol. The molecule has 7 nitrogen and oxygen atoms in total. The number of aromatic nitrogens is 2. The van der Waals surface area contributed by atoms with E-state index in [0.717, 1.165) is 29.3 Å². The second-order valence-electron chi connectivity index (χ2n) is 7.57. The van der Waals surface area contributed by atoms with Gasteiger partial charge in [-0.25, -0.2) is 0 Å². The predicted octanol–water partition coefficient (Wildman–Crippen LogP) is 3.59. The number of carbonyl (C=O) groups is 2. The summed E-state index contributed by atoms with van der Waals surface area (Å²) in [6, 6.07) is 10.9. The lowest BCUT2D eigenvalue weighted by molar-refractivity contribution is -0.158. The van der Waals surface area contributed by atoms with Crippen LogP contribution < -0.4 is 5.32 Å². The predicted molar refractivity (Wildman–Crippen MR) is 109 cm³/mol. The zero-order valence-electron chi connectivity index (χ0n) is 16.9. The number of carbonyl (C=O) groups excluding carboxylic acids is 2. The van der Waals surface area contributed by atoms with Gasteiger partial charge in [0.2, 0.25) is 5.91 Å². The van der Waals surface area contributed by atoms with Crippen LogP contribution in [0, 0.1) is 6.92 Å². The number of aryl methyl sites for hydroxylation is 1. The van der Waals surface area contributed by atoms with Crippen molar-refractivity contribution in [2.24, 2.45) is 0 Å². The number of nitrogens with one attached hydrogen (secondary N) is 2. The van der Waals surface area contributed by atoms with Crippen LogP contribution in [-0.4, -0.2) is 58.1 Å². The number of hydrogen-bond donors (Lipinski definition) is 2. The summed E-state index contributed by atoms with van der Waals surface area (Å²) in [4.78, 5) is 27.0. The number of anilines is 2. The molecule has 2 aromatic carbocycles. The van der Waals surface area contributed by atoms with Crippen molar-refractivity contribution in [3.05, 3.63) is 53.2 Å². The highest BCUT2D eigenvalue weighted by atomic mass is 19.4. The molecular formula is C21H20F3N5O2. The van der Waals surface area contributed by atoms with E-state index in [1.807, 2.05) is 25.1 Å². The van der Waals surface area contributed by atoms with Gasteiger partial charge in [0.25, 0.3) is 5.91 Å². The Morgan fingerprint density at radius 3 is 2.81 bits per heavy atom. The summed E-state index contributed by atoms with van der Waals surface area (Å²) >= 11 is 0. The quantitative estimate of drug-likeness (QED) is 0.647. The molecule has 2 N–H and O–H groups in total. The van der Waals surface area contributed by atoms with Crippen molar-refractivity contribution in [1.82, 2.24) is 20.0 Å². The van der Waals surface area contributed by atoms with Crippen LogP contribution in [0.3, 0.4) is 0 Å². The fourth-order valence-corrected chi connectivity index (χ4v) is 3.67. The summed E-state index contributed by atoms with van der Waals surface area (Å²) in [7, 11) is 1.07. The summed E-state index contributed by atoms with van der Waals surface area (Å²) in [6.07, 6.45) is -4.49. The molecule has 0 bridgehead atoms. The van der Waals surface area contributed by atoms with Crippen molar-refractivity contribution in [3.63, 3.8) is 0 Å². The second-order valence-corrected chi connectivity index (χ2v) is 7.57. The number of fused-ring (bicyclic) bond motifs is 2. The molecule has 0 unspecified atom stereocenters. The summed E-state index contributed by atoms with van der Waals surface area (Å²) in [5.41, 5.74) is 4.15. The van der Waals surface area contributed by atoms with Gasteiger partial charge in [0.15, 0.2) is 0 Å². The number of nitrogens with zero attached hydrogens (tertiary/aromatic N) is 3. The Bertz CT molecular complexity index is 1170. The number of likely N-dealkylation sites (N-methyl/N-ethyl adjacent to an activating group) is 1. The van der Waals surface area contributed by atoms with Gasteiger partial charge in [0.05, 0.1) is 16.8 Å². The first-order valence-electron chi connectivity index (χ1n) is 9.56. The third-order valence-corrected chi connectivity index (χ3v) is 5.21. The number of benzene rings is 2. The van der Waals surface area contributed by atoms with E-state index in [9.17, 15) is 22.8 Å². The molecule has 3 aromatic rings. The van der Waals surface area contributed by atoms with Gasteiger partial charge in [-0.2, -0.15) is 18.3 Å². The molecule has 0 spiro atoms. The fourth-order valence-electron chi connectivity index (χ4n) is 3.67. The number of halogens is 3. The van der Waals surface area contributed by atoms with Crippen LogP contribution in [0.2, 0.25) is 0 Å². The van der Waals surface area contributed by atoms with Gasteiger partial charge in [-0.3, -0.25) is 14.7 Å². The lowest BCUT2D eigenvalue weighted by Gasteiger charge is -2.22. The molecule has 0 saturated carbocycles. The summed E-state index contributed by atoms with van der Waals surface area (Å²) < 4.78 is 37.6. The highest BCUT2D eigenvalue weighted by Gasteiger charge is 2.35. The molecule has 0 aliphatic carbocycles. The maximum atomic E-state index is 12.9. The molecule has 0 fully saturated rings. The molecule has 0 atom stereocenters. The minimum absolute atomic E-state index is 0.160. The summed E-state index contributed by atoms with van der Waals surface area (Å²) in [5, 5.41) is 11.4. The molecule has 0 radical (unpaired) electrons. The number of hydrogen-bond acceptors (Lipinski definition) is 4. The van der Waals surface area contributed by atoms with Crippen LogP contribution in [0.25, 0.3) is 10.9 Å². The van der Waals surface area contributed by atoms with Crippen molar-refractivity contribution in [2.75, 3.05) is 25.5 Å². The molecule has 4 rings (SSSR count). The molecule has 1 aliphatic rings. The third-order valence-electron chi connectivity index (χ3n) is 5.21. The Hall–Kier alpha value is -3.56. The molecule has 0 saturated heterocycles. The van der Waals surface area contributed by atoms with Crippen LogP contribution in [0.4, 0.5) is 24.5 Å². The van der Waals surface area contributed by atoms with Gasteiger partial charge in [0.1, 0.15) is 13.1 Å². The van der Waals surface area contributed by atoms with Crippen LogP contribution >= 0.6 is 0 Å². The average Bonchev–Trinajstić information content (AvgIpc) is 3.21. The van der Waals surface area contributed by atoms with Crippen LogP contribution in [0.1, 0.15) is 21.6 Å². The molecule has 2 heterocycles. The van der Waals surface area contributed by atoms with Crippen molar-refractivity contribution >= 4 is 34.1 Å².